The van der Waals surface area contributed by atoms with Gasteiger partial charge in [-0.2, -0.15) is 0 Å². The first-order valence-corrected chi connectivity index (χ1v) is 6.22. The summed E-state index contributed by atoms with van der Waals surface area (Å²) in [5.74, 6) is -5.02. The molecule has 1 unspecified atom stereocenters. The van der Waals surface area contributed by atoms with E-state index in [2.05, 4.69) is 5.32 Å². The van der Waals surface area contributed by atoms with Crippen LogP contribution in [0.25, 0.3) is 0 Å². The quantitative estimate of drug-likeness (QED) is 0.872. The Morgan fingerprint density at radius 1 is 1.15 bits per heavy atom. The number of carbonyl (C=O) groups excluding carboxylic acids is 1. The van der Waals surface area contributed by atoms with E-state index in [0.29, 0.717) is 0 Å². The number of hydrogen-bond acceptors (Lipinski definition) is 2. The normalized spacial score (nSPS) is 13.9. The third kappa shape index (κ3) is 3.53. The van der Waals surface area contributed by atoms with Crippen molar-refractivity contribution in [2.24, 2.45) is 5.92 Å². The molecule has 0 saturated carbocycles. The van der Waals surface area contributed by atoms with Gasteiger partial charge in [-0.3, -0.25) is 4.79 Å². The zero-order chi connectivity index (χ0) is 15.4. The number of hydrogen-bond donors (Lipinski definition) is 2. The molecule has 0 aliphatic carbocycles. The van der Waals surface area contributed by atoms with Gasteiger partial charge in [0.05, 0.1) is 5.92 Å². The minimum absolute atomic E-state index is 0.339. The first kappa shape index (κ1) is 16.1. The van der Waals surface area contributed by atoms with Crippen LogP contribution in [0.1, 0.15) is 32.3 Å². The summed E-state index contributed by atoms with van der Waals surface area (Å²) in [5.41, 5.74) is -0.363. The van der Waals surface area contributed by atoms with Crippen molar-refractivity contribution in [3.8, 4) is 0 Å². The summed E-state index contributed by atoms with van der Waals surface area (Å²) in [4.78, 5) is 23.0. The van der Waals surface area contributed by atoms with E-state index in [9.17, 15) is 18.4 Å². The Balaban J connectivity index is 2.95. The molecule has 1 aromatic rings. The molecule has 0 saturated heterocycles. The van der Waals surface area contributed by atoms with Gasteiger partial charge in [0.25, 0.3) is 0 Å². The lowest BCUT2D eigenvalue weighted by molar-refractivity contribution is -0.143. The molecule has 0 aromatic heterocycles. The maximum atomic E-state index is 13.6. The molecule has 0 heterocycles. The van der Waals surface area contributed by atoms with Crippen molar-refractivity contribution in [3.63, 3.8) is 0 Å². The largest absolute Gasteiger partial charge is 0.480 e. The minimum atomic E-state index is -1.19. The van der Waals surface area contributed by atoms with Gasteiger partial charge in [-0.05, 0) is 25.0 Å². The number of amides is 1. The topological polar surface area (TPSA) is 66.4 Å². The Labute approximate surface area is 115 Å². The van der Waals surface area contributed by atoms with Crippen LogP contribution < -0.4 is 5.32 Å². The third-order valence-electron chi connectivity index (χ3n) is 3.06. The van der Waals surface area contributed by atoms with Gasteiger partial charge in [0.15, 0.2) is 0 Å². The minimum Gasteiger partial charge on any atom is -0.480 e. The second-order valence-electron chi connectivity index (χ2n) is 4.93. The summed E-state index contributed by atoms with van der Waals surface area (Å²) in [5, 5.41) is 11.3. The van der Waals surface area contributed by atoms with E-state index >= 15 is 0 Å². The highest BCUT2D eigenvalue weighted by molar-refractivity contribution is 5.88. The summed E-state index contributed by atoms with van der Waals surface area (Å²) in [6.45, 7) is 4.59. The van der Waals surface area contributed by atoms with E-state index in [1.807, 2.05) is 0 Å². The first-order chi connectivity index (χ1) is 9.25. The molecular formula is C14H17F2NO3. The van der Waals surface area contributed by atoms with Crippen LogP contribution in [0.4, 0.5) is 8.78 Å². The van der Waals surface area contributed by atoms with E-state index in [4.69, 9.17) is 5.11 Å². The molecular weight excluding hydrogens is 268 g/mol. The summed E-state index contributed by atoms with van der Waals surface area (Å²) >= 11 is 0. The zero-order valence-electron chi connectivity index (χ0n) is 11.5. The molecule has 20 heavy (non-hydrogen) atoms. The number of nitrogens with one attached hydrogen (secondary N) is 1. The summed E-state index contributed by atoms with van der Waals surface area (Å²) in [6.07, 6.45) is 0. The van der Waals surface area contributed by atoms with Gasteiger partial charge >= 0.3 is 5.97 Å². The maximum Gasteiger partial charge on any atom is 0.326 e. The predicted octanol–water partition coefficient (Wildman–Crippen LogP) is 2.29. The predicted molar refractivity (Wildman–Crippen MR) is 69.2 cm³/mol. The van der Waals surface area contributed by atoms with Gasteiger partial charge in [-0.25, -0.2) is 13.6 Å². The smallest absolute Gasteiger partial charge is 0.326 e. The van der Waals surface area contributed by atoms with Crippen molar-refractivity contribution in [3.05, 3.63) is 35.4 Å². The monoisotopic (exact) mass is 285 g/mol. The molecule has 0 fully saturated rings. The molecule has 0 bridgehead atoms. The van der Waals surface area contributed by atoms with Gasteiger partial charge in [-0.15, -0.1) is 0 Å². The van der Waals surface area contributed by atoms with Crippen molar-refractivity contribution in [2.75, 3.05) is 0 Å². The Bertz CT molecular complexity index is 497. The van der Waals surface area contributed by atoms with Crippen LogP contribution in [0.5, 0.6) is 0 Å². The van der Waals surface area contributed by atoms with Crippen LogP contribution in [0.15, 0.2) is 18.2 Å². The number of rotatable bonds is 5. The van der Waals surface area contributed by atoms with E-state index in [1.54, 1.807) is 13.8 Å². The number of halogens is 2. The van der Waals surface area contributed by atoms with Crippen molar-refractivity contribution in [1.29, 1.82) is 0 Å². The van der Waals surface area contributed by atoms with Crippen LogP contribution in [0.3, 0.4) is 0 Å². The lowest BCUT2D eigenvalue weighted by Crippen LogP contribution is -2.46. The highest BCUT2D eigenvalue weighted by Crippen LogP contribution is 2.22. The Hall–Kier alpha value is -1.98. The van der Waals surface area contributed by atoms with Gasteiger partial charge < -0.3 is 10.4 Å². The van der Waals surface area contributed by atoms with Crippen molar-refractivity contribution < 1.29 is 23.5 Å². The van der Waals surface area contributed by atoms with E-state index in [1.165, 1.54) is 13.0 Å². The standard InChI is InChI=1S/C14H17F2NO3/c1-7(2)12(14(19)20)17-13(18)8(3)11-9(15)5-4-6-10(11)16/h4-8,12H,1-3H3,(H,17,18)(H,19,20)/t8?,12-/m1/s1. The van der Waals surface area contributed by atoms with Crippen LogP contribution in [-0.4, -0.2) is 23.0 Å². The van der Waals surface area contributed by atoms with Crippen molar-refractivity contribution >= 4 is 11.9 Å². The molecule has 0 aliphatic heterocycles. The Morgan fingerprint density at radius 3 is 2.05 bits per heavy atom. The molecule has 1 aromatic carbocycles. The fraction of sp³-hybridized carbons (Fsp3) is 0.429. The van der Waals surface area contributed by atoms with E-state index in [-0.39, 0.29) is 11.5 Å². The van der Waals surface area contributed by atoms with Gasteiger partial charge in [0.1, 0.15) is 17.7 Å². The fourth-order valence-corrected chi connectivity index (χ4v) is 1.85. The molecule has 1 amide bonds. The van der Waals surface area contributed by atoms with Gasteiger partial charge in [0, 0.05) is 5.56 Å². The maximum absolute atomic E-state index is 13.6. The number of aliphatic carboxylic acids is 1. The molecule has 6 heteroatoms. The first-order valence-electron chi connectivity index (χ1n) is 6.22. The average molecular weight is 285 g/mol. The molecule has 0 aliphatic rings. The van der Waals surface area contributed by atoms with Gasteiger partial charge in [0.2, 0.25) is 5.91 Å². The number of carboxylic acid groups (broad SMARTS) is 1. The highest BCUT2D eigenvalue weighted by atomic mass is 19.1. The molecule has 1 rings (SSSR count). The van der Waals surface area contributed by atoms with Crippen LogP contribution in [0, 0.1) is 17.6 Å². The molecule has 110 valence electrons. The number of benzene rings is 1. The lowest BCUT2D eigenvalue weighted by atomic mass is 9.97. The van der Waals surface area contributed by atoms with Crippen LogP contribution >= 0.6 is 0 Å². The Kier molecular flexibility index (Phi) is 5.19. The summed E-state index contributed by atoms with van der Waals surface area (Å²) in [6, 6.07) is 2.21. The van der Waals surface area contributed by atoms with Crippen molar-refractivity contribution in [1.82, 2.24) is 5.32 Å². The second-order valence-corrected chi connectivity index (χ2v) is 4.93. The SMILES string of the molecule is CC(C(=O)N[C@@H](C(=O)O)C(C)C)c1c(F)cccc1F. The third-order valence-corrected chi connectivity index (χ3v) is 3.06. The molecule has 0 radical (unpaired) electrons. The van der Waals surface area contributed by atoms with Crippen LogP contribution in [-0.2, 0) is 9.59 Å². The summed E-state index contributed by atoms with van der Waals surface area (Å²) in [7, 11) is 0. The fourth-order valence-electron chi connectivity index (χ4n) is 1.85. The average Bonchev–Trinajstić information content (AvgIpc) is 2.34. The highest BCUT2D eigenvalue weighted by Gasteiger charge is 2.28. The van der Waals surface area contributed by atoms with E-state index in [0.717, 1.165) is 12.1 Å². The number of carbonyl (C=O) groups is 2. The van der Waals surface area contributed by atoms with Crippen molar-refractivity contribution in [2.45, 2.75) is 32.7 Å². The lowest BCUT2D eigenvalue weighted by Gasteiger charge is -2.21. The second kappa shape index (κ2) is 6.45. The van der Waals surface area contributed by atoms with E-state index < -0.39 is 35.5 Å². The number of carboxylic acids is 1. The molecule has 2 atom stereocenters. The van der Waals surface area contributed by atoms with Crippen LogP contribution in [0.2, 0.25) is 0 Å². The summed E-state index contributed by atoms with van der Waals surface area (Å²) < 4.78 is 27.2. The molecule has 4 nitrogen and oxygen atoms in total. The zero-order valence-corrected chi connectivity index (χ0v) is 11.5. The molecule has 2 N–H and O–H groups in total. The Morgan fingerprint density at radius 2 is 1.65 bits per heavy atom. The molecule has 0 spiro atoms. The van der Waals surface area contributed by atoms with Gasteiger partial charge in [-0.1, -0.05) is 19.9 Å².